The van der Waals surface area contributed by atoms with Crippen molar-refractivity contribution in [2.24, 2.45) is 17.8 Å². The van der Waals surface area contributed by atoms with Crippen LogP contribution in [0.15, 0.2) is 30.3 Å². The third kappa shape index (κ3) is 11.4. The predicted octanol–water partition coefficient (Wildman–Crippen LogP) is 0.645. The number of amides is 2. The quantitative estimate of drug-likeness (QED) is 0.298. The zero-order valence-corrected chi connectivity index (χ0v) is 20.5. The molecule has 2 atom stereocenters. The molecule has 0 bridgehead atoms. The topological polar surface area (TPSA) is 139 Å². The molecular formula is C23H37N2O6Si-. The number of carboxylic acids is 1. The van der Waals surface area contributed by atoms with Gasteiger partial charge in [0.1, 0.15) is 0 Å². The van der Waals surface area contributed by atoms with Gasteiger partial charge in [-0.15, -0.1) is 0 Å². The van der Waals surface area contributed by atoms with Crippen molar-refractivity contribution in [2.75, 3.05) is 6.17 Å². The number of hydrogen-bond acceptors (Lipinski definition) is 6. The number of carbonyl (C=O) groups is 3. The normalized spacial score (nSPS) is 13.6. The van der Waals surface area contributed by atoms with E-state index < -0.39 is 32.4 Å². The molecule has 0 radical (unpaired) electrons. The number of rotatable bonds is 14. The standard InChI is InChI=1S/C23H38N2O6Si/c1-16(2)12-19(22(27)25-20(23(28)29)13-17(3)4)14-32(30,31)15-24-21(26)11-10-18-8-6-5-7-9-18/h5-9,16-17,19-20,30-31H,10-15H2,1-4H3,(H,24,26)(H,25,27)(H,28,29)/p-1/t19-,20+/m1/s1. The van der Waals surface area contributed by atoms with Crippen LogP contribution >= 0.6 is 0 Å². The molecule has 0 heterocycles. The summed E-state index contributed by atoms with van der Waals surface area (Å²) in [6.07, 6.45) is 1.05. The third-order valence-electron chi connectivity index (χ3n) is 5.06. The molecule has 0 saturated carbocycles. The molecule has 0 unspecified atom stereocenters. The van der Waals surface area contributed by atoms with Gasteiger partial charge in [-0.05, 0) is 36.7 Å². The second-order valence-electron chi connectivity index (χ2n) is 9.29. The molecule has 2 amide bonds. The number of carboxylic acid groups (broad SMARTS) is 1. The molecule has 1 rings (SSSR count). The Morgan fingerprint density at radius 2 is 1.59 bits per heavy atom. The summed E-state index contributed by atoms with van der Waals surface area (Å²) < 4.78 is 0. The molecule has 0 saturated heterocycles. The van der Waals surface area contributed by atoms with Crippen molar-refractivity contribution in [2.45, 2.75) is 65.5 Å². The summed E-state index contributed by atoms with van der Waals surface area (Å²) in [6.45, 7) is 7.48. The van der Waals surface area contributed by atoms with Crippen LogP contribution in [0.25, 0.3) is 0 Å². The predicted molar refractivity (Wildman–Crippen MR) is 122 cm³/mol. The van der Waals surface area contributed by atoms with Crippen LogP contribution in [0.3, 0.4) is 0 Å². The highest BCUT2D eigenvalue weighted by Crippen LogP contribution is 2.21. The molecule has 9 heteroatoms. The molecular weight excluding hydrogens is 428 g/mol. The van der Waals surface area contributed by atoms with E-state index in [9.17, 15) is 29.1 Å². The SMILES string of the molecule is CC(C)C[C@H](C[Si](O)(O)CNC(=O)CCc1ccccc1)C(=O)N[C@@H](CC(C)C)C(=O)[O-]. The molecule has 0 fully saturated rings. The molecule has 0 aliphatic rings. The summed E-state index contributed by atoms with van der Waals surface area (Å²) in [5, 5.41) is 16.4. The lowest BCUT2D eigenvalue weighted by atomic mass is 9.96. The first kappa shape index (κ1) is 27.8. The van der Waals surface area contributed by atoms with Crippen LogP contribution in [0.1, 0.15) is 52.5 Å². The molecule has 0 aromatic heterocycles. The van der Waals surface area contributed by atoms with Crippen LogP contribution in [0.4, 0.5) is 0 Å². The van der Waals surface area contributed by atoms with Gasteiger partial charge in [-0.3, -0.25) is 9.59 Å². The fourth-order valence-electron chi connectivity index (χ4n) is 3.53. The van der Waals surface area contributed by atoms with Crippen molar-refractivity contribution in [1.82, 2.24) is 10.6 Å². The van der Waals surface area contributed by atoms with Gasteiger partial charge >= 0.3 is 8.56 Å². The molecule has 4 N–H and O–H groups in total. The number of aliphatic carboxylic acids is 1. The second kappa shape index (κ2) is 13.3. The van der Waals surface area contributed by atoms with Crippen molar-refractivity contribution in [1.29, 1.82) is 0 Å². The van der Waals surface area contributed by atoms with Crippen molar-refractivity contribution in [3.63, 3.8) is 0 Å². The van der Waals surface area contributed by atoms with Gasteiger partial charge in [0.25, 0.3) is 0 Å². The highest BCUT2D eigenvalue weighted by atomic mass is 28.4. The minimum absolute atomic E-state index is 0.0389. The van der Waals surface area contributed by atoms with Crippen LogP contribution in [0.5, 0.6) is 0 Å². The van der Waals surface area contributed by atoms with E-state index >= 15 is 0 Å². The smallest absolute Gasteiger partial charge is 0.353 e. The highest BCUT2D eigenvalue weighted by molar-refractivity contribution is 6.65. The molecule has 0 aliphatic heterocycles. The lowest BCUT2D eigenvalue weighted by Crippen LogP contribution is -2.53. The molecule has 0 spiro atoms. The first-order chi connectivity index (χ1) is 14.9. The molecule has 1 aromatic carbocycles. The first-order valence-corrected chi connectivity index (χ1v) is 13.5. The van der Waals surface area contributed by atoms with Gasteiger partial charge in [-0.25, -0.2) is 0 Å². The number of aryl methyl sites for hydroxylation is 1. The number of nitrogens with one attached hydrogen (secondary N) is 2. The van der Waals surface area contributed by atoms with Gasteiger partial charge in [0.05, 0.1) is 18.2 Å². The fraction of sp³-hybridized carbons (Fsp3) is 0.609. The minimum Gasteiger partial charge on any atom is -0.548 e. The Kier molecular flexibility index (Phi) is 11.6. The Balaban J connectivity index is 2.67. The second-order valence-corrected chi connectivity index (χ2v) is 12.0. The first-order valence-electron chi connectivity index (χ1n) is 11.2. The Morgan fingerprint density at radius 1 is 1.00 bits per heavy atom. The van der Waals surface area contributed by atoms with Crippen LogP contribution in [-0.2, 0) is 20.8 Å². The van der Waals surface area contributed by atoms with E-state index in [-0.39, 0.29) is 42.8 Å². The van der Waals surface area contributed by atoms with E-state index in [1.54, 1.807) is 0 Å². The summed E-state index contributed by atoms with van der Waals surface area (Å²) in [5.74, 6) is -2.85. The summed E-state index contributed by atoms with van der Waals surface area (Å²) in [6, 6.07) is 8.16. The maximum absolute atomic E-state index is 12.8. The van der Waals surface area contributed by atoms with Crippen molar-refractivity contribution >= 4 is 26.3 Å². The molecule has 8 nitrogen and oxygen atoms in total. The van der Waals surface area contributed by atoms with Gasteiger partial charge < -0.3 is 30.1 Å². The Morgan fingerprint density at radius 3 is 2.12 bits per heavy atom. The van der Waals surface area contributed by atoms with E-state index in [1.165, 1.54) is 0 Å². The Hall–Kier alpha value is -2.23. The van der Waals surface area contributed by atoms with E-state index in [1.807, 2.05) is 58.0 Å². The average molecular weight is 466 g/mol. The lowest BCUT2D eigenvalue weighted by molar-refractivity contribution is -0.308. The minimum atomic E-state index is -3.93. The van der Waals surface area contributed by atoms with E-state index in [0.717, 1.165) is 5.56 Å². The van der Waals surface area contributed by atoms with Crippen LogP contribution in [-0.4, -0.2) is 48.1 Å². The summed E-state index contributed by atoms with van der Waals surface area (Å²) in [7, 11) is -3.93. The van der Waals surface area contributed by atoms with Crippen molar-refractivity contribution in [3.05, 3.63) is 35.9 Å². The fourth-order valence-corrected chi connectivity index (χ4v) is 5.29. The van der Waals surface area contributed by atoms with E-state index in [0.29, 0.717) is 12.8 Å². The summed E-state index contributed by atoms with van der Waals surface area (Å²) in [5.41, 5.74) is 1.01. The van der Waals surface area contributed by atoms with Gasteiger partial charge in [-0.2, -0.15) is 0 Å². The van der Waals surface area contributed by atoms with Gasteiger partial charge in [0, 0.05) is 18.4 Å². The van der Waals surface area contributed by atoms with E-state index in [4.69, 9.17) is 0 Å². The van der Waals surface area contributed by atoms with Gasteiger partial charge in [-0.1, -0.05) is 58.0 Å². The van der Waals surface area contributed by atoms with Crippen molar-refractivity contribution < 1.29 is 29.1 Å². The van der Waals surface area contributed by atoms with Gasteiger partial charge in [0.15, 0.2) is 0 Å². The molecule has 32 heavy (non-hydrogen) atoms. The third-order valence-corrected chi connectivity index (χ3v) is 6.95. The monoisotopic (exact) mass is 465 g/mol. The zero-order chi connectivity index (χ0) is 24.3. The highest BCUT2D eigenvalue weighted by Gasteiger charge is 2.37. The average Bonchev–Trinajstić information content (AvgIpc) is 2.69. The number of benzene rings is 1. The van der Waals surface area contributed by atoms with Gasteiger partial charge in [0.2, 0.25) is 11.8 Å². The Labute approximate surface area is 191 Å². The van der Waals surface area contributed by atoms with Crippen LogP contribution in [0, 0.1) is 17.8 Å². The van der Waals surface area contributed by atoms with Crippen molar-refractivity contribution in [3.8, 4) is 0 Å². The number of carbonyl (C=O) groups excluding carboxylic acids is 3. The summed E-state index contributed by atoms with van der Waals surface area (Å²) >= 11 is 0. The number of hydrogen-bond donors (Lipinski definition) is 4. The van der Waals surface area contributed by atoms with Crippen LogP contribution < -0.4 is 15.7 Å². The zero-order valence-electron chi connectivity index (χ0n) is 19.5. The molecule has 0 aliphatic carbocycles. The van der Waals surface area contributed by atoms with E-state index in [2.05, 4.69) is 10.6 Å². The maximum atomic E-state index is 12.8. The summed E-state index contributed by atoms with van der Waals surface area (Å²) in [4.78, 5) is 57.3. The lowest BCUT2D eigenvalue weighted by Gasteiger charge is -2.28. The maximum Gasteiger partial charge on any atom is 0.353 e. The van der Waals surface area contributed by atoms with Crippen LogP contribution in [0.2, 0.25) is 6.04 Å². The molecule has 1 aromatic rings. The Bertz CT molecular complexity index is 739. The largest absolute Gasteiger partial charge is 0.548 e. The molecule has 180 valence electrons.